The van der Waals surface area contributed by atoms with Gasteiger partial charge in [-0.05, 0) is 24.3 Å². The number of nitrogens with two attached hydrogens (primary N) is 1. The van der Waals surface area contributed by atoms with Gasteiger partial charge in [0, 0.05) is 31.0 Å². The van der Waals surface area contributed by atoms with Gasteiger partial charge in [-0.25, -0.2) is 0 Å². The average Bonchev–Trinajstić information content (AvgIpc) is 3.01. The zero-order valence-corrected chi connectivity index (χ0v) is 13.4. The number of benzene rings is 1. The number of hydrogen-bond acceptors (Lipinski definition) is 6. The molecule has 0 saturated carbocycles. The molecule has 0 aliphatic carbocycles. The Morgan fingerprint density at radius 3 is 2.70 bits per heavy atom. The smallest absolute Gasteiger partial charge is 0.227 e. The van der Waals surface area contributed by atoms with Crippen molar-refractivity contribution in [3.05, 3.63) is 36.0 Å². The van der Waals surface area contributed by atoms with Crippen LogP contribution in [0.25, 0.3) is 0 Å². The summed E-state index contributed by atoms with van der Waals surface area (Å²) in [4.78, 5) is 16.2. The third-order valence-electron chi connectivity index (χ3n) is 3.09. The monoisotopic (exact) mass is 318 g/mol. The lowest BCUT2D eigenvalue weighted by atomic mass is 10.2. The van der Waals surface area contributed by atoms with Crippen LogP contribution in [0.5, 0.6) is 5.75 Å². The fraction of sp³-hybridized carbons (Fsp3) is 0.438. The van der Waals surface area contributed by atoms with E-state index in [0.717, 1.165) is 5.75 Å². The van der Waals surface area contributed by atoms with Crippen LogP contribution in [0.4, 0.5) is 5.69 Å². The summed E-state index contributed by atoms with van der Waals surface area (Å²) in [6.45, 7) is 4.91. The molecule has 1 aromatic carbocycles. The second-order valence-electron chi connectivity index (χ2n) is 5.41. The molecule has 1 amide bonds. The highest BCUT2D eigenvalue weighted by Crippen LogP contribution is 2.16. The summed E-state index contributed by atoms with van der Waals surface area (Å²) in [5, 5.41) is 6.69. The summed E-state index contributed by atoms with van der Waals surface area (Å²) in [5.41, 5.74) is 6.08. The summed E-state index contributed by atoms with van der Waals surface area (Å²) in [6, 6.07) is 7.15. The molecule has 0 saturated heterocycles. The molecule has 0 unspecified atom stereocenters. The lowest BCUT2D eigenvalue weighted by Gasteiger charge is -2.07. The van der Waals surface area contributed by atoms with E-state index >= 15 is 0 Å². The SMILES string of the molecule is CC(C)c1noc(CCC(=O)Nc2ccc(OCCN)cc2)n1. The molecule has 0 radical (unpaired) electrons. The first-order chi connectivity index (χ1) is 11.1. The predicted molar refractivity (Wildman–Crippen MR) is 86.3 cm³/mol. The van der Waals surface area contributed by atoms with Gasteiger partial charge >= 0.3 is 0 Å². The normalized spacial score (nSPS) is 10.8. The van der Waals surface area contributed by atoms with E-state index in [1.165, 1.54) is 0 Å². The maximum absolute atomic E-state index is 11.9. The Kier molecular flexibility index (Phi) is 6.10. The Bertz CT molecular complexity index is 623. The first-order valence-corrected chi connectivity index (χ1v) is 7.63. The number of rotatable bonds is 8. The molecular formula is C16H22N4O3. The van der Waals surface area contributed by atoms with Crippen molar-refractivity contribution < 1.29 is 14.1 Å². The van der Waals surface area contributed by atoms with Gasteiger partial charge in [0.25, 0.3) is 0 Å². The zero-order chi connectivity index (χ0) is 16.7. The number of hydrogen-bond donors (Lipinski definition) is 2. The number of carbonyl (C=O) groups excluding carboxylic acids is 1. The molecule has 0 fully saturated rings. The van der Waals surface area contributed by atoms with E-state index in [1.807, 2.05) is 13.8 Å². The summed E-state index contributed by atoms with van der Waals surface area (Å²) in [5.74, 6) is 1.97. The molecule has 2 rings (SSSR count). The number of anilines is 1. The Morgan fingerprint density at radius 1 is 1.35 bits per heavy atom. The minimum Gasteiger partial charge on any atom is -0.492 e. The molecule has 7 heteroatoms. The molecule has 0 bridgehead atoms. The van der Waals surface area contributed by atoms with Crippen LogP contribution in [0.3, 0.4) is 0 Å². The van der Waals surface area contributed by atoms with Gasteiger partial charge in [-0.15, -0.1) is 0 Å². The average molecular weight is 318 g/mol. The molecule has 1 heterocycles. The van der Waals surface area contributed by atoms with Gasteiger partial charge in [0.15, 0.2) is 5.82 Å². The summed E-state index contributed by atoms with van der Waals surface area (Å²) >= 11 is 0. The van der Waals surface area contributed by atoms with Crippen LogP contribution in [0.1, 0.15) is 37.9 Å². The first kappa shape index (κ1) is 17.0. The maximum Gasteiger partial charge on any atom is 0.227 e. The van der Waals surface area contributed by atoms with Crippen LogP contribution < -0.4 is 15.8 Å². The van der Waals surface area contributed by atoms with Crippen molar-refractivity contribution in [1.82, 2.24) is 10.1 Å². The van der Waals surface area contributed by atoms with E-state index in [0.29, 0.717) is 37.0 Å². The van der Waals surface area contributed by atoms with E-state index in [9.17, 15) is 4.79 Å². The number of carbonyl (C=O) groups is 1. The highest BCUT2D eigenvalue weighted by atomic mass is 16.5. The number of nitrogens with one attached hydrogen (secondary N) is 1. The minimum atomic E-state index is -0.107. The molecule has 7 nitrogen and oxygen atoms in total. The lowest BCUT2D eigenvalue weighted by molar-refractivity contribution is -0.116. The van der Waals surface area contributed by atoms with Gasteiger partial charge in [-0.1, -0.05) is 19.0 Å². The van der Waals surface area contributed by atoms with Crippen LogP contribution in [0.15, 0.2) is 28.8 Å². The number of nitrogens with zero attached hydrogens (tertiary/aromatic N) is 2. The molecule has 2 aromatic rings. The van der Waals surface area contributed by atoms with E-state index in [1.54, 1.807) is 24.3 Å². The summed E-state index contributed by atoms with van der Waals surface area (Å²) in [6.07, 6.45) is 0.703. The van der Waals surface area contributed by atoms with Crippen LogP contribution >= 0.6 is 0 Å². The van der Waals surface area contributed by atoms with Crippen LogP contribution in [0.2, 0.25) is 0 Å². The van der Waals surface area contributed by atoms with Gasteiger partial charge < -0.3 is 20.3 Å². The Labute approximate surface area is 135 Å². The molecule has 1 aromatic heterocycles. The standard InChI is InChI=1S/C16H22N4O3/c1-11(2)16-19-15(23-20-16)8-7-14(21)18-12-3-5-13(6-4-12)22-10-9-17/h3-6,11H,7-10,17H2,1-2H3,(H,18,21). The highest BCUT2D eigenvalue weighted by Gasteiger charge is 2.11. The second-order valence-corrected chi connectivity index (χ2v) is 5.41. The van der Waals surface area contributed by atoms with Crippen molar-refractivity contribution in [1.29, 1.82) is 0 Å². The van der Waals surface area contributed by atoms with Gasteiger partial charge in [-0.3, -0.25) is 4.79 Å². The zero-order valence-electron chi connectivity index (χ0n) is 13.4. The molecule has 3 N–H and O–H groups in total. The van der Waals surface area contributed by atoms with Crippen LogP contribution in [-0.2, 0) is 11.2 Å². The van der Waals surface area contributed by atoms with Gasteiger partial charge in [-0.2, -0.15) is 4.98 Å². The number of ether oxygens (including phenoxy) is 1. The van der Waals surface area contributed by atoms with Gasteiger partial charge in [0.05, 0.1) is 0 Å². The van der Waals surface area contributed by atoms with Crippen molar-refractivity contribution in [3.63, 3.8) is 0 Å². The van der Waals surface area contributed by atoms with E-state index in [4.69, 9.17) is 15.0 Å². The lowest BCUT2D eigenvalue weighted by Crippen LogP contribution is -2.13. The first-order valence-electron chi connectivity index (χ1n) is 7.63. The van der Waals surface area contributed by atoms with Gasteiger partial charge in [0.2, 0.25) is 11.8 Å². The summed E-state index contributed by atoms with van der Waals surface area (Å²) < 4.78 is 10.5. The fourth-order valence-corrected chi connectivity index (χ4v) is 1.86. The molecule has 0 spiro atoms. The molecule has 0 aliphatic rings. The Balaban J connectivity index is 1.79. The molecular weight excluding hydrogens is 296 g/mol. The number of aryl methyl sites for hydroxylation is 1. The van der Waals surface area contributed by atoms with E-state index in [-0.39, 0.29) is 18.2 Å². The Hall–Kier alpha value is -2.41. The largest absolute Gasteiger partial charge is 0.492 e. The molecule has 124 valence electrons. The maximum atomic E-state index is 11.9. The van der Waals surface area contributed by atoms with Crippen LogP contribution in [0, 0.1) is 0 Å². The number of amides is 1. The highest BCUT2D eigenvalue weighted by molar-refractivity contribution is 5.90. The van der Waals surface area contributed by atoms with Crippen molar-refractivity contribution in [3.8, 4) is 5.75 Å². The molecule has 0 atom stereocenters. The van der Waals surface area contributed by atoms with Crippen LogP contribution in [-0.4, -0.2) is 29.2 Å². The van der Waals surface area contributed by atoms with Crippen molar-refractivity contribution >= 4 is 11.6 Å². The fourth-order valence-electron chi connectivity index (χ4n) is 1.86. The third-order valence-corrected chi connectivity index (χ3v) is 3.09. The Morgan fingerprint density at radius 2 is 2.09 bits per heavy atom. The van der Waals surface area contributed by atoms with E-state index in [2.05, 4.69) is 15.5 Å². The topological polar surface area (TPSA) is 103 Å². The third kappa shape index (κ3) is 5.37. The van der Waals surface area contributed by atoms with Gasteiger partial charge in [0.1, 0.15) is 12.4 Å². The van der Waals surface area contributed by atoms with E-state index < -0.39 is 0 Å². The quantitative estimate of drug-likeness (QED) is 0.772. The van der Waals surface area contributed by atoms with Crippen molar-refractivity contribution in [2.75, 3.05) is 18.5 Å². The minimum absolute atomic E-state index is 0.107. The second kappa shape index (κ2) is 8.28. The molecule has 23 heavy (non-hydrogen) atoms. The number of aromatic nitrogens is 2. The van der Waals surface area contributed by atoms with Crippen molar-refractivity contribution in [2.24, 2.45) is 5.73 Å². The molecule has 0 aliphatic heterocycles. The predicted octanol–water partition coefficient (Wildman–Crippen LogP) is 2.10. The van der Waals surface area contributed by atoms with Crippen molar-refractivity contribution in [2.45, 2.75) is 32.6 Å². The summed E-state index contributed by atoms with van der Waals surface area (Å²) in [7, 11) is 0.